The van der Waals surface area contributed by atoms with Gasteiger partial charge in [0, 0.05) is 19.3 Å². The molecular weight excluding hydrogens is 444 g/mol. The first-order valence-corrected chi connectivity index (χ1v) is 10.7. The van der Waals surface area contributed by atoms with Crippen LogP contribution in [0.4, 0.5) is 11.5 Å². The lowest BCUT2D eigenvalue weighted by molar-refractivity contribution is 0.102. The van der Waals surface area contributed by atoms with Gasteiger partial charge in [-0.15, -0.1) is 0 Å². The number of benzene rings is 2. The molecule has 1 amide bonds. The van der Waals surface area contributed by atoms with E-state index in [1.54, 1.807) is 54.6 Å². The third-order valence-electron chi connectivity index (χ3n) is 5.29. The summed E-state index contributed by atoms with van der Waals surface area (Å²) in [5, 5.41) is 6.07. The molecule has 1 aliphatic heterocycles. The Kier molecular flexibility index (Phi) is 6.02. The Bertz CT molecular complexity index is 1440. The third-order valence-corrected chi connectivity index (χ3v) is 5.62. The van der Waals surface area contributed by atoms with Crippen molar-refractivity contribution in [3.05, 3.63) is 96.8 Å². The summed E-state index contributed by atoms with van der Waals surface area (Å²) in [4.78, 5) is 50.6. The van der Waals surface area contributed by atoms with Crippen LogP contribution in [0.1, 0.15) is 39.6 Å². The van der Waals surface area contributed by atoms with Crippen LogP contribution in [0.25, 0.3) is 6.08 Å². The summed E-state index contributed by atoms with van der Waals surface area (Å²) < 4.78 is 2.34. The molecule has 1 aliphatic rings. The van der Waals surface area contributed by atoms with Crippen LogP contribution in [0.15, 0.2) is 63.8 Å². The molecule has 0 atom stereocenters. The summed E-state index contributed by atoms with van der Waals surface area (Å²) in [5.74, 6) is -0.634. The molecule has 2 N–H and O–H groups in total. The Morgan fingerprint density at radius 1 is 1.12 bits per heavy atom. The number of nitrogens with one attached hydrogen (secondary N) is 2. The molecule has 0 aliphatic carbocycles. The van der Waals surface area contributed by atoms with Crippen molar-refractivity contribution in [3.8, 4) is 0 Å². The largest absolute Gasteiger partial charge is 0.338 e. The molecule has 0 unspecified atom stereocenters. The number of fused-ring (bicyclic) bond motifs is 1. The standard InChI is InChI=1S/C24H21ClN4O4/c1-3-11-29-21-19(23(32)28(2)24(29)33)20(30)18(27-21)13-14-7-6-8-15(12-14)26-22(31)16-9-4-5-10-17(16)25/h4-10,12-13,27H,3,11H2,1-2H3,(H,26,31)/b18-13+. The van der Waals surface area contributed by atoms with Gasteiger partial charge in [-0.2, -0.15) is 0 Å². The molecule has 0 spiro atoms. The highest BCUT2D eigenvalue weighted by Gasteiger charge is 2.32. The number of hydrogen-bond donors (Lipinski definition) is 2. The van der Waals surface area contributed by atoms with E-state index in [4.69, 9.17) is 11.6 Å². The molecule has 33 heavy (non-hydrogen) atoms. The number of ketones is 1. The minimum absolute atomic E-state index is 0.0556. The van der Waals surface area contributed by atoms with Crippen LogP contribution in [0, 0.1) is 0 Å². The first kappa shape index (κ1) is 22.3. The van der Waals surface area contributed by atoms with Crippen molar-refractivity contribution >= 4 is 40.9 Å². The topological polar surface area (TPSA) is 102 Å². The fourth-order valence-electron chi connectivity index (χ4n) is 3.67. The molecule has 2 heterocycles. The highest BCUT2D eigenvalue weighted by atomic mass is 35.5. The van der Waals surface area contributed by atoms with Crippen molar-refractivity contribution in [2.45, 2.75) is 19.9 Å². The summed E-state index contributed by atoms with van der Waals surface area (Å²) in [6.45, 7) is 2.27. The van der Waals surface area contributed by atoms with Gasteiger partial charge in [-0.25, -0.2) is 4.79 Å². The number of halogens is 1. The van der Waals surface area contributed by atoms with E-state index >= 15 is 0 Å². The second kappa shape index (κ2) is 8.91. The third kappa shape index (κ3) is 4.12. The zero-order valence-electron chi connectivity index (χ0n) is 18.0. The molecule has 4 rings (SSSR count). The van der Waals surface area contributed by atoms with Crippen molar-refractivity contribution in [2.24, 2.45) is 7.05 Å². The molecule has 0 radical (unpaired) electrons. The lowest BCUT2D eigenvalue weighted by atomic mass is 10.1. The van der Waals surface area contributed by atoms with E-state index in [-0.39, 0.29) is 23.0 Å². The van der Waals surface area contributed by atoms with Gasteiger partial charge in [-0.3, -0.25) is 23.5 Å². The van der Waals surface area contributed by atoms with E-state index in [1.165, 1.54) is 11.6 Å². The Morgan fingerprint density at radius 3 is 2.61 bits per heavy atom. The molecule has 8 nitrogen and oxygen atoms in total. The van der Waals surface area contributed by atoms with Gasteiger partial charge in [0.1, 0.15) is 11.4 Å². The number of carbonyl (C=O) groups excluding carboxylic acids is 2. The maximum Gasteiger partial charge on any atom is 0.332 e. The van der Waals surface area contributed by atoms with E-state index in [0.717, 1.165) is 4.57 Å². The molecule has 1 aromatic heterocycles. The van der Waals surface area contributed by atoms with Crippen molar-refractivity contribution < 1.29 is 9.59 Å². The van der Waals surface area contributed by atoms with Crippen molar-refractivity contribution in [2.75, 3.05) is 10.6 Å². The van der Waals surface area contributed by atoms with E-state index in [9.17, 15) is 19.2 Å². The summed E-state index contributed by atoms with van der Waals surface area (Å²) in [6, 6.07) is 13.6. The zero-order valence-corrected chi connectivity index (χ0v) is 18.8. The normalized spacial score (nSPS) is 13.7. The molecular formula is C24H21ClN4O4. The number of carbonyl (C=O) groups is 2. The highest BCUT2D eigenvalue weighted by Crippen LogP contribution is 2.26. The Morgan fingerprint density at radius 2 is 1.88 bits per heavy atom. The number of Topliss-reactive ketones (excluding diaryl/α,β-unsaturated/α-hetero) is 1. The maximum atomic E-state index is 13.0. The van der Waals surface area contributed by atoms with E-state index < -0.39 is 17.0 Å². The second-order valence-corrected chi connectivity index (χ2v) is 8.00. The molecule has 0 saturated carbocycles. The van der Waals surface area contributed by atoms with Gasteiger partial charge in [0.05, 0.1) is 16.3 Å². The smallest absolute Gasteiger partial charge is 0.332 e. The van der Waals surface area contributed by atoms with Crippen LogP contribution in [0.2, 0.25) is 5.02 Å². The Hall–Kier alpha value is -3.91. The molecule has 0 saturated heterocycles. The van der Waals surface area contributed by atoms with Crippen LogP contribution in [-0.4, -0.2) is 20.8 Å². The summed E-state index contributed by atoms with van der Waals surface area (Å²) in [5.41, 5.74) is 0.478. The van der Waals surface area contributed by atoms with Crippen molar-refractivity contribution in [3.63, 3.8) is 0 Å². The van der Waals surface area contributed by atoms with Crippen LogP contribution in [-0.2, 0) is 13.6 Å². The van der Waals surface area contributed by atoms with Crippen LogP contribution < -0.4 is 21.9 Å². The SMILES string of the molecule is CCCn1c2c(c(=O)n(C)c1=O)C(=O)/C(=C\c1cccc(NC(=O)c3ccccc3Cl)c1)N2. The van der Waals surface area contributed by atoms with E-state index in [1.807, 2.05) is 6.92 Å². The molecule has 9 heteroatoms. The zero-order chi connectivity index (χ0) is 23.7. The van der Waals surface area contributed by atoms with Crippen LogP contribution in [0.3, 0.4) is 0 Å². The van der Waals surface area contributed by atoms with E-state index in [2.05, 4.69) is 10.6 Å². The Labute approximate surface area is 194 Å². The predicted octanol–water partition coefficient (Wildman–Crippen LogP) is 3.51. The maximum absolute atomic E-state index is 13.0. The monoisotopic (exact) mass is 464 g/mol. The number of allylic oxidation sites excluding steroid dienone is 1. The Balaban J connectivity index is 1.66. The summed E-state index contributed by atoms with van der Waals surface area (Å²) in [6.07, 6.45) is 2.24. The van der Waals surface area contributed by atoms with Gasteiger partial charge >= 0.3 is 5.69 Å². The number of hydrogen-bond acceptors (Lipinski definition) is 5. The minimum atomic E-state index is -0.635. The molecule has 3 aromatic rings. The lowest BCUT2D eigenvalue weighted by Gasteiger charge is -2.11. The van der Waals surface area contributed by atoms with Crippen LogP contribution in [0.5, 0.6) is 0 Å². The first-order valence-electron chi connectivity index (χ1n) is 10.3. The average molecular weight is 465 g/mol. The van der Waals surface area contributed by atoms with Crippen LogP contribution >= 0.6 is 11.6 Å². The lowest BCUT2D eigenvalue weighted by Crippen LogP contribution is -2.40. The molecule has 0 fully saturated rings. The van der Waals surface area contributed by atoms with Gasteiger partial charge in [0.15, 0.2) is 0 Å². The van der Waals surface area contributed by atoms with Gasteiger partial charge in [-0.1, -0.05) is 42.8 Å². The number of rotatable bonds is 5. The van der Waals surface area contributed by atoms with Gasteiger partial charge in [0.2, 0.25) is 5.78 Å². The van der Waals surface area contributed by atoms with Gasteiger partial charge in [0.25, 0.3) is 11.5 Å². The number of nitrogens with zero attached hydrogens (tertiary/aromatic N) is 2. The fourth-order valence-corrected chi connectivity index (χ4v) is 3.89. The molecule has 0 bridgehead atoms. The number of amides is 1. The molecule has 2 aromatic carbocycles. The average Bonchev–Trinajstić information content (AvgIpc) is 3.11. The minimum Gasteiger partial charge on any atom is -0.338 e. The quantitative estimate of drug-likeness (QED) is 0.562. The summed E-state index contributed by atoms with van der Waals surface area (Å²) in [7, 11) is 1.36. The van der Waals surface area contributed by atoms with Gasteiger partial charge < -0.3 is 10.6 Å². The highest BCUT2D eigenvalue weighted by molar-refractivity contribution is 6.34. The number of aromatic nitrogens is 2. The van der Waals surface area contributed by atoms with Crippen molar-refractivity contribution in [1.82, 2.24) is 9.13 Å². The summed E-state index contributed by atoms with van der Waals surface area (Å²) >= 11 is 6.09. The second-order valence-electron chi connectivity index (χ2n) is 7.59. The van der Waals surface area contributed by atoms with E-state index in [0.29, 0.717) is 34.8 Å². The fraction of sp³-hybridized carbons (Fsp3) is 0.167. The van der Waals surface area contributed by atoms with Crippen molar-refractivity contribution in [1.29, 1.82) is 0 Å². The number of anilines is 2. The molecule has 168 valence electrons. The first-order chi connectivity index (χ1) is 15.8. The predicted molar refractivity (Wildman–Crippen MR) is 128 cm³/mol. The van der Waals surface area contributed by atoms with Gasteiger partial charge in [-0.05, 0) is 42.3 Å².